The van der Waals surface area contributed by atoms with Gasteiger partial charge in [0, 0.05) is 20.5 Å². The number of carbonyl (C=O) groups is 1. The second-order valence-corrected chi connectivity index (χ2v) is 6.72. The molecule has 0 radical (unpaired) electrons. The largest absolute Gasteiger partial charge is 0.293 e. The van der Waals surface area contributed by atoms with E-state index in [1.807, 2.05) is 0 Å². The molecular formula is C14H9Cl3O2S. The minimum Gasteiger partial charge on any atom is -0.293 e. The van der Waals surface area contributed by atoms with Crippen molar-refractivity contribution < 1.29 is 9.00 Å². The predicted molar refractivity (Wildman–Crippen MR) is 83.5 cm³/mol. The number of Topliss-reactive ketones (excluding diaryl/α,β-unsaturated/α-hetero) is 1. The first-order valence-corrected chi connectivity index (χ1v) is 8.05. The molecule has 0 bridgehead atoms. The summed E-state index contributed by atoms with van der Waals surface area (Å²) in [5.41, 5.74) is 0.279. The highest BCUT2D eigenvalue weighted by atomic mass is 35.5. The van der Waals surface area contributed by atoms with Gasteiger partial charge in [0.1, 0.15) is 0 Å². The number of hydrogen-bond acceptors (Lipinski definition) is 2. The van der Waals surface area contributed by atoms with E-state index in [2.05, 4.69) is 0 Å². The van der Waals surface area contributed by atoms with Crippen molar-refractivity contribution >= 4 is 51.4 Å². The zero-order valence-electron chi connectivity index (χ0n) is 10.1. The second-order valence-electron chi connectivity index (χ2n) is 3.99. The van der Waals surface area contributed by atoms with Crippen LogP contribution in [0.1, 0.15) is 10.4 Å². The van der Waals surface area contributed by atoms with Crippen LogP contribution in [0.15, 0.2) is 47.4 Å². The Balaban J connectivity index is 2.17. The molecule has 1 atom stereocenters. The van der Waals surface area contributed by atoms with Gasteiger partial charge in [-0.25, -0.2) is 0 Å². The van der Waals surface area contributed by atoms with Crippen molar-refractivity contribution in [3.63, 3.8) is 0 Å². The lowest BCUT2D eigenvalue weighted by molar-refractivity contribution is 0.102. The van der Waals surface area contributed by atoms with Crippen LogP contribution in [0.5, 0.6) is 0 Å². The van der Waals surface area contributed by atoms with Crippen LogP contribution in [0, 0.1) is 0 Å². The van der Waals surface area contributed by atoms with Gasteiger partial charge in [-0.2, -0.15) is 0 Å². The van der Waals surface area contributed by atoms with E-state index < -0.39 is 10.8 Å². The summed E-state index contributed by atoms with van der Waals surface area (Å²) in [5, 5.41) is 1.26. The zero-order valence-corrected chi connectivity index (χ0v) is 13.2. The Kier molecular flexibility index (Phi) is 5.22. The molecule has 0 aliphatic heterocycles. The third-order valence-electron chi connectivity index (χ3n) is 2.57. The highest BCUT2D eigenvalue weighted by Gasteiger charge is 2.15. The number of hydrogen-bond donors (Lipinski definition) is 0. The molecule has 0 fully saturated rings. The van der Waals surface area contributed by atoms with Gasteiger partial charge in [-0.05, 0) is 42.5 Å². The van der Waals surface area contributed by atoms with Gasteiger partial charge in [-0.15, -0.1) is 0 Å². The molecule has 6 heteroatoms. The fourth-order valence-electron chi connectivity index (χ4n) is 1.58. The molecule has 0 N–H and O–H groups in total. The van der Waals surface area contributed by atoms with Crippen molar-refractivity contribution in [3.8, 4) is 0 Å². The van der Waals surface area contributed by atoms with Crippen LogP contribution in [-0.2, 0) is 10.8 Å². The van der Waals surface area contributed by atoms with Crippen molar-refractivity contribution in [2.45, 2.75) is 4.90 Å². The van der Waals surface area contributed by atoms with Gasteiger partial charge in [0.25, 0.3) is 0 Å². The first-order chi connectivity index (χ1) is 9.47. The lowest BCUT2D eigenvalue weighted by Crippen LogP contribution is -2.11. The SMILES string of the molecule is O=C(CS(=O)c1ccc(Cl)cc1)c1cc(Cl)ccc1Cl. The lowest BCUT2D eigenvalue weighted by Gasteiger charge is -2.05. The molecule has 0 spiro atoms. The summed E-state index contributed by atoms with van der Waals surface area (Å²) in [5.74, 6) is -0.465. The summed E-state index contributed by atoms with van der Waals surface area (Å²) < 4.78 is 12.1. The number of benzene rings is 2. The first-order valence-electron chi connectivity index (χ1n) is 5.59. The van der Waals surface area contributed by atoms with Crippen molar-refractivity contribution in [1.82, 2.24) is 0 Å². The Bertz CT molecular complexity index is 669. The van der Waals surface area contributed by atoms with Crippen molar-refractivity contribution in [3.05, 3.63) is 63.1 Å². The molecule has 0 heterocycles. The molecule has 2 aromatic carbocycles. The van der Waals surface area contributed by atoms with Crippen LogP contribution >= 0.6 is 34.8 Å². The highest BCUT2D eigenvalue weighted by Crippen LogP contribution is 2.22. The first kappa shape index (κ1) is 15.5. The molecule has 2 aromatic rings. The maximum absolute atomic E-state index is 12.1. The summed E-state index contributed by atoms with van der Waals surface area (Å²) in [4.78, 5) is 12.6. The highest BCUT2D eigenvalue weighted by molar-refractivity contribution is 7.85. The van der Waals surface area contributed by atoms with Crippen LogP contribution in [0.3, 0.4) is 0 Å². The molecule has 0 amide bonds. The number of carbonyl (C=O) groups excluding carboxylic acids is 1. The molecule has 104 valence electrons. The van der Waals surface area contributed by atoms with E-state index in [0.29, 0.717) is 20.0 Å². The van der Waals surface area contributed by atoms with E-state index in [1.165, 1.54) is 6.07 Å². The fraction of sp³-hybridized carbons (Fsp3) is 0.0714. The lowest BCUT2D eigenvalue weighted by atomic mass is 10.1. The van der Waals surface area contributed by atoms with E-state index in [4.69, 9.17) is 34.8 Å². The Morgan fingerprint density at radius 1 is 0.950 bits per heavy atom. The van der Waals surface area contributed by atoms with Gasteiger partial charge in [-0.1, -0.05) is 34.8 Å². The van der Waals surface area contributed by atoms with Gasteiger partial charge in [-0.3, -0.25) is 9.00 Å². The summed E-state index contributed by atoms with van der Waals surface area (Å²) in [6.07, 6.45) is 0. The van der Waals surface area contributed by atoms with E-state index in [9.17, 15) is 9.00 Å². The zero-order chi connectivity index (χ0) is 14.7. The Hall–Kier alpha value is -0.870. The van der Waals surface area contributed by atoms with E-state index >= 15 is 0 Å². The fourth-order valence-corrected chi connectivity index (χ4v) is 3.10. The monoisotopic (exact) mass is 346 g/mol. The summed E-state index contributed by atoms with van der Waals surface area (Å²) in [6, 6.07) is 11.1. The molecule has 0 saturated carbocycles. The van der Waals surface area contributed by atoms with E-state index in [1.54, 1.807) is 36.4 Å². The molecule has 2 rings (SSSR count). The normalized spacial score (nSPS) is 12.2. The molecule has 0 saturated heterocycles. The molecule has 20 heavy (non-hydrogen) atoms. The van der Waals surface area contributed by atoms with Crippen LogP contribution in [0.25, 0.3) is 0 Å². The van der Waals surface area contributed by atoms with E-state index in [0.717, 1.165) is 0 Å². The topological polar surface area (TPSA) is 34.1 Å². The van der Waals surface area contributed by atoms with Gasteiger partial charge in [0.2, 0.25) is 0 Å². The average Bonchev–Trinajstić information content (AvgIpc) is 2.42. The van der Waals surface area contributed by atoms with Crippen LogP contribution < -0.4 is 0 Å². The summed E-state index contributed by atoms with van der Waals surface area (Å²) >= 11 is 17.5. The molecule has 0 aromatic heterocycles. The number of ketones is 1. The predicted octanol–water partition coefficient (Wildman–Crippen LogP) is 4.64. The Morgan fingerprint density at radius 3 is 2.20 bits per heavy atom. The van der Waals surface area contributed by atoms with Crippen molar-refractivity contribution in [2.75, 3.05) is 5.75 Å². The van der Waals surface area contributed by atoms with Gasteiger partial charge >= 0.3 is 0 Å². The van der Waals surface area contributed by atoms with Crippen LogP contribution in [0.4, 0.5) is 0 Å². The standard InChI is InChI=1S/C14H9Cl3O2S/c15-9-1-4-11(5-2-9)20(19)8-14(18)12-7-10(16)3-6-13(12)17/h1-7H,8H2. The van der Waals surface area contributed by atoms with E-state index in [-0.39, 0.29) is 17.1 Å². The maximum Gasteiger partial charge on any atom is 0.177 e. The molecule has 0 aliphatic rings. The number of halogens is 3. The van der Waals surface area contributed by atoms with Gasteiger partial charge < -0.3 is 0 Å². The number of rotatable bonds is 4. The van der Waals surface area contributed by atoms with Crippen molar-refractivity contribution in [1.29, 1.82) is 0 Å². The third kappa shape index (κ3) is 3.83. The quantitative estimate of drug-likeness (QED) is 0.755. The Labute approximate surface area is 134 Å². The van der Waals surface area contributed by atoms with Crippen molar-refractivity contribution in [2.24, 2.45) is 0 Å². The smallest absolute Gasteiger partial charge is 0.177 e. The average molecular weight is 348 g/mol. The molecule has 0 aliphatic carbocycles. The molecule has 2 nitrogen and oxygen atoms in total. The van der Waals surface area contributed by atoms with Gasteiger partial charge in [0.15, 0.2) is 5.78 Å². The minimum atomic E-state index is -1.45. The maximum atomic E-state index is 12.1. The Morgan fingerprint density at radius 2 is 1.55 bits per heavy atom. The van der Waals surface area contributed by atoms with Crippen LogP contribution in [-0.4, -0.2) is 15.7 Å². The summed E-state index contributed by atoms with van der Waals surface area (Å²) in [6.45, 7) is 0. The second kappa shape index (κ2) is 6.72. The molecule has 1 unspecified atom stereocenters. The summed E-state index contributed by atoms with van der Waals surface area (Å²) in [7, 11) is -1.45. The molecular weight excluding hydrogens is 339 g/mol. The van der Waals surface area contributed by atoms with Gasteiger partial charge in [0.05, 0.1) is 21.6 Å². The minimum absolute atomic E-state index is 0.151. The third-order valence-corrected chi connectivity index (χ3v) is 4.71. The van der Waals surface area contributed by atoms with Crippen LogP contribution in [0.2, 0.25) is 15.1 Å².